The van der Waals surface area contributed by atoms with Crippen molar-refractivity contribution in [2.45, 2.75) is 11.8 Å². The van der Waals surface area contributed by atoms with Crippen molar-refractivity contribution in [3.8, 4) is 0 Å². The van der Waals surface area contributed by atoms with Gasteiger partial charge in [0.15, 0.2) is 10.8 Å². The first-order valence-electron chi connectivity index (χ1n) is 6.48. The number of anilines is 1. The Morgan fingerprint density at radius 3 is 2.30 bits per heavy atom. The first-order valence-corrected chi connectivity index (χ1v) is 7.67. The van der Waals surface area contributed by atoms with E-state index in [0.717, 1.165) is 4.90 Å². The molecule has 0 atom stereocenters. The van der Waals surface area contributed by atoms with Crippen LogP contribution in [0.25, 0.3) is 0 Å². The number of benzene rings is 2. The summed E-state index contributed by atoms with van der Waals surface area (Å²) in [6.07, 6.45) is 0. The molecule has 0 fully saturated rings. The van der Waals surface area contributed by atoms with Crippen molar-refractivity contribution in [3.63, 3.8) is 0 Å². The highest BCUT2D eigenvalue weighted by Gasteiger charge is 2.09. The lowest BCUT2D eigenvalue weighted by Gasteiger charge is -2.05. The van der Waals surface area contributed by atoms with Crippen molar-refractivity contribution in [1.82, 2.24) is 0 Å². The highest BCUT2D eigenvalue weighted by Crippen LogP contribution is 2.23. The van der Waals surface area contributed by atoms with Gasteiger partial charge in [0.25, 0.3) is 5.69 Å². The number of hydrogen-bond acceptors (Lipinski definition) is 6. The Balaban J connectivity index is 2.10. The van der Waals surface area contributed by atoms with Crippen molar-refractivity contribution in [2.75, 3.05) is 5.43 Å². The van der Waals surface area contributed by atoms with E-state index in [4.69, 9.17) is 11.6 Å². The maximum absolute atomic E-state index is 11.7. The fourth-order valence-corrected chi connectivity index (χ4v) is 2.42. The van der Waals surface area contributed by atoms with Gasteiger partial charge in [0, 0.05) is 29.0 Å². The van der Waals surface area contributed by atoms with E-state index in [1.165, 1.54) is 43.0 Å². The Labute approximate surface area is 141 Å². The van der Waals surface area contributed by atoms with Crippen LogP contribution in [0.15, 0.2) is 58.5 Å². The third kappa shape index (κ3) is 5.08. The molecule has 0 saturated heterocycles. The number of carbonyl (C=O) groups is 1. The maximum Gasteiger partial charge on any atom is 0.269 e. The van der Waals surface area contributed by atoms with E-state index < -0.39 is 4.92 Å². The summed E-state index contributed by atoms with van der Waals surface area (Å²) in [5.41, 5.74) is 3.26. The molecule has 0 amide bonds. The summed E-state index contributed by atoms with van der Waals surface area (Å²) in [5.74, 6) is -0.195. The van der Waals surface area contributed by atoms with Crippen molar-refractivity contribution >= 4 is 45.6 Å². The second-order valence-corrected chi connectivity index (χ2v) is 5.94. The summed E-state index contributed by atoms with van der Waals surface area (Å²) in [6.45, 7) is 1.42. The Bertz CT molecular complexity index is 746. The molecule has 0 aromatic heterocycles. The number of hydrazone groups is 1. The summed E-state index contributed by atoms with van der Waals surface area (Å²) in [7, 11) is 0. The zero-order chi connectivity index (χ0) is 16.8. The van der Waals surface area contributed by atoms with Gasteiger partial charge in [-0.2, -0.15) is 5.10 Å². The second-order valence-electron chi connectivity index (χ2n) is 4.44. The number of Topliss-reactive ketones (excluding diaryl/α,β-unsaturated/α-hetero) is 1. The van der Waals surface area contributed by atoms with Gasteiger partial charge < -0.3 is 0 Å². The second kappa shape index (κ2) is 7.75. The lowest BCUT2D eigenvalue weighted by molar-refractivity contribution is -0.384. The van der Waals surface area contributed by atoms with Crippen molar-refractivity contribution in [1.29, 1.82) is 0 Å². The smallest absolute Gasteiger partial charge is 0.269 e. The van der Waals surface area contributed by atoms with E-state index in [0.29, 0.717) is 10.7 Å². The molecule has 0 saturated carbocycles. The molecule has 0 aliphatic rings. The molecule has 0 aliphatic carbocycles. The number of nitro groups is 1. The normalized spacial score (nSPS) is 11.1. The largest absolute Gasteiger partial charge is 0.292 e. The Hall–Kier alpha value is -2.38. The number of thioether (sulfide) groups is 1. The number of nitro benzene ring substituents is 1. The van der Waals surface area contributed by atoms with Gasteiger partial charge in [-0.05, 0) is 36.4 Å². The monoisotopic (exact) mass is 349 g/mol. The lowest BCUT2D eigenvalue weighted by Crippen LogP contribution is -2.08. The number of hydrogen-bond donors (Lipinski definition) is 1. The highest BCUT2D eigenvalue weighted by molar-refractivity contribution is 8.15. The number of rotatable bonds is 5. The summed E-state index contributed by atoms with van der Waals surface area (Å²) in [5, 5.41) is 15.5. The van der Waals surface area contributed by atoms with Crippen LogP contribution in [0.4, 0.5) is 11.4 Å². The molecule has 6 nitrogen and oxygen atoms in total. The number of carbonyl (C=O) groups excluding carboxylic acids is 1. The summed E-state index contributed by atoms with van der Waals surface area (Å²) in [4.78, 5) is 22.6. The van der Waals surface area contributed by atoms with Crippen LogP contribution in [0.3, 0.4) is 0 Å². The van der Waals surface area contributed by atoms with Gasteiger partial charge in [-0.3, -0.25) is 20.3 Å². The molecule has 0 aliphatic heterocycles. The van der Waals surface area contributed by atoms with Crippen LogP contribution < -0.4 is 5.43 Å². The van der Waals surface area contributed by atoms with Gasteiger partial charge in [0.05, 0.1) is 10.6 Å². The Morgan fingerprint density at radius 1 is 1.17 bits per heavy atom. The van der Waals surface area contributed by atoms with Gasteiger partial charge in [0.2, 0.25) is 0 Å². The molecule has 8 heteroatoms. The number of halogens is 1. The molecule has 23 heavy (non-hydrogen) atoms. The van der Waals surface area contributed by atoms with E-state index in [2.05, 4.69) is 10.5 Å². The minimum absolute atomic E-state index is 0.0122. The standard InChI is InChI=1S/C15H12ClN3O3S/c1-10(20)15(23-14-8-2-11(16)3-9-14)18-17-12-4-6-13(7-5-12)19(21)22/h2-9,17H,1H3/b18-15+. The van der Waals surface area contributed by atoms with Gasteiger partial charge in [-0.1, -0.05) is 23.4 Å². The van der Waals surface area contributed by atoms with Crippen LogP contribution in [0, 0.1) is 10.1 Å². The lowest BCUT2D eigenvalue weighted by atomic mass is 10.3. The number of non-ortho nitro benzene ring substituents is 1. The summed E-state index contributed by atoms with van der Waals surface area (Å²) in [6, 6.07) is 12.8. The SMILES string of the molecule is CC(=O)/C(=N\Nc1ccc([N+](=O)[O-])cc1)Sc1ccc(Cl)cc1. The van der Waals surface area contributed by atoms with Crippen LogP contribution in [0.5, 0.6) is 0 Å². The molecule has 0 bridgehead atoms. The first-order chi connectivity index (χ1) is 11.0. The van der Waals surface area contributed by atoms with Crippen LogP contribution >= 0.6 is 23.4 Å². The first kappa shape index (κ1) is 17.0. The van der Waals surface area contributed by atoms with Crippen LogP contribution in [0.2, 0.25) is 5.02 Å². The molecule has 1 N–H and O–H groups in total. The van der Waals surface area contributed by atoms with Crippen LogP contribution in [-0.4, -0.2) is 15.8 Å². The predicted octanol–water partition coefficient (Wildman–Crippen LogP) is 4.35. The quantitative estimate of drug-likeness (QED) is 0.285. The molecular formula is C15H12ClN3O3S. The summed E-state index contributed by atoms with van der Waals surface area (Å²) < 4.78 is 0. The number of ketones is 1. The fourth-order valence-electron chi connectivity index (χ4n) is 1.56. The Kier molecular flexibility index (Phi) is 5.72. The molecule has 0 radical (unpaired) electrons. The predicted molar refractivity (Wildman–Crippen MR) is 92.1 cm³/mol. The summed E-state index contributed by atoms with van der Waals surface area (Å²) >= 11 is 7.02. The average molecular weight is 350 g/mol. The van der Waals surface area contributed by atoms with Crippen LogP contribution in [-0.2, 0) is 4.79 Å². The highest BCUT2D eigenvalue weighted by atomic mass is 35.5. The minimum Gasteiger partial charge on any atom is -0.292 e. The van der Waals surface area contributed by atoms with E-state index >= 15 is 0 Å². The van der Waals surface area contributed by atoms with Gasteiger partial charge >= 0.3 is 0 Å². The van der Waals surface area contributed by atoms with E-state index in [1.54, 1.807) is 24.3 Å². The third-order valence-corrected chi connectivity index (χ3v) is 4.03. The average Bonchev–Trinajstić information content (AvgIpc) is 2.53. The molecule has 0 heterocycles. The fraction of sp³-hybridized carbons (Fsp3) is 0.0667. The van der Waals surface area contributed by atoms with Crippen LogP contribution in [0.1, 0.15) is 6.92 Å². The maximum atomic E-state index is 11.7. The molecule has 118 valence electrons. The van der Waals surface area contributed by atoms with E-state index in [-0.39, 0.29) is 16.5 Å². The number of nitrogens with one attached hydrogen (secondary N) is 1. The van der Waals surface area contributed by atoms with Gasteiger partial charge in [0.1, 0.15) is 0 Å². The molecule has 0 unspecified atom stereocenters. The minimum atomic E-state index is -0.482. The van der Waals surface area contributed by atoms with E-state index in [9.17, 15) is 14.9 Å². The molecule has 2 rings (SSSR count). The zero-order valence-electron chi connectivity index (χ0n) is 12.0. The topological polar surface area (TPSA) is 84.6 Å². The molecule has 0 spiro atoms. The molecule has 2 aromatic rings. The third-order valence-electron chi connectivity index (χ3n) is 2.69. The Morgan fingerprint density at radius 2 is 1.78 bits per heavy atom. The van der Waals surface area contributed by atoms with E-state index in [1.807, 2.05) is 0 Å². The zero-order valence-corrected chi connectivity index (χ0v) is 13.6. The van der Waals surface area contributed by atoms with Crippen molar-refractivity contribution < 1.29 is 9.72 Å². The molecular weight excluding hydrogens is 338 g/mol. The van der Waals surface area contributed by atoms with Crippen molar-refractivity contribution in [2.24, 2.45) is 5.10 Å². The van der Waals surface area contributed by atoms with Gasteiger partial charge in [-0.25, -0.2) is 0 Å². The van der Waals surface area contributed by atoms with Crippen molar-refractivity contribution in [3.05, 3.63) is 63.7 Å². The van der Waals surface area contributed by atoms with Gasteiger partial charge in [-0.15, -0.1) is 0 Å². The number of nitrogens with zero attached hydrogens (tertiary/aromatic N) is 2. The molecule has 2 aromatic carbocycles.